The zero-order valence-corrected chi connectivity index (χ0v) is 7.43. The van der Waals surface area contributed by atoms with Crippen LogP contribution in [0.1, 0.15) is 5.56 Å². The summed E-state index contributed by atoms with van der Waals surface area (Å²) in [5.41, 5.74) is 6.98. The average Bonchev–Trinajstić information content (AvgIpc) is 2.01. The Labute approximate surface area is 74.0 Å². The maximum absolute atomic E-state index is 5.49. The third-order valence-electron chi connectivity index (χ3n) is 1.06. The van der Waals surface area contributed by atoms with E-state index in [0.29, 0.717) is 11.0 Å². The highest BCUT2D eigenvalue weighted by molar-refractivity contribution is 9.09. The lowest BCUT2D eigenvalue weighted by atomic mass is 10.3. The van der Waals surface area contributed by atoms with Gasteiger partial charge in [-0.05, 0) is 6.07 Å². The number of hydrogen-bond donors (Lipinski definition) is 1. The molecule has 0 saturated heterocycles. The molecule has 0 bridgehead atoms. The van der Waals surface area contributed by atoms with Crippen LogP contribution in [0.25, 0.3) is 0 Å². The zero-order chi connectivity index (χ0) is 8.10. The molecule has 0 amide bonds. The fourth-order valence-electron chi connectivity index (χ4n) is 0.662. The first-order valence-corrected chi connectivity index (χ1v) is 4.20. The van der Waals surface area contributed by atoms with E-state index in [9.17, 15) is 0 Å². The first kappa shape index (κ1) is 8.09. The molecule has 0 aromatic carbocycles. The van der Waals surface area contributed by atoms with E-state index in [4.69, 9.17) is 5.73 Å². The number of nitrogens with zero attached hydrogens (tertiary/aromatic N) is 1. The van der Waals surface area contributed by atoms with Crippen molar-refractivity contribution in [1.29, 1.82) is 0 Å². The van der Waals surface area contributed by atoms with Gasteiger partial charge in [0.05, 0.1) is 11.0 Å². The molecule has 0 atom stereocenters. The van der Waals surface area contributed by atoms with Gasteiger partial charge in [0.2, 0.25) is 0 Å². The largest absolute Gasteiger partial charge is 0.397 e. The molecule has 0 radical (unpaired) electrons. The van der Waals surface area contributed by atoms with Gasteiger partial charge in [0, 0.05) is 18.0 Å². The summed E-state index contributed by atoms with van der Waals surface area (Å²) in [6.07, 6.45) is 3.28. The summed E-state index contributed by atoms with van der Waals surface area (Å²) in [4.78, 5) is 3.89. The fraction of sp³-hybridized carbons (Fsp3) is 0.125. The first-order valence-electron chi connectivity index (χ1n) is 3.08. The third kappa shape index (κ3) is 2.60. The highest BCUT2D eigenvalue weighted by atomic mass is 79.9. The summed E-state index contributed by atoms with van der Waals surface area (Å²) in [5, 5.41) is 0.668. The second kappa shape index (κ2) is 3.99. The van der Waals surface area contributed by atoms with Crippen molar-refractivity contribution in [2.45, 2.75) is 0 Å². The highest BCUT2D eigenvalue weighted by Crippen LogP contribution is 2.01. The van der Waals surface area contributed by atoms with Gasteiger partial charge in [-0.3, -0.25) is 4.98 Å². The molecular formula is C8H7BrN2. The van der Waals surface area contributed by atoms with E-state index in [2.05, 4.69) is 32.8 Å². The molecule has 0 aliphatic heterocycles. The molecule has 0 aliphatic rings. The molecule has 2 N–H and O–H groups in total. The molecule has 1 aromatic rings. The Morgan fingerprint density at radius 2 is 2.36 bits per heavy atom. The quantitative estimate of drug-likeness (QED) is 0.520. The number of halogens is 1. The molecule has 1 rings (SSSR count). The second-order valence-electron chi connectivity index (χ2n) is 1.94. The SMILES string of the molecule is Nc1cncc(C#CCBr)c1. The molecule has 0 aliphatic carbocycles. The minimum atomic E-state index is 0.645. The third-order valence-corrected chi connectivity index (χ3v) is 1.34. The summed E-state index contributed by atoms with van der Waals surface area (Å²) < 4.78 is 0. The van der Waals surface area contributed by atoms with E-state index in [-0.39, 0.29) is 0 Å². The fourth-order valence-corrected chi connectivity index (χ4v) is 0.802. The van der Waals surface area contributed by atoms with Gasteiger partial charge >= 0.3 is 0 Å². The number of aromatic nitrogens is 1. The van der Waals surface area contributed by atoms with Gasteiger partial charge in [0.15, 0.2) is 0 Å². The van der Waals surface area contributed by atoms with Gasteiger partial charge in [0.25, 0.3) is 0 Å². The van der Waals surface area contributed by atoms with Gasteiger partial charge in [-0.2, -0.15) is 0 Å². The van der Waals surface area contributed by atoms with Gasteiger partial charge in [0.1, 0.15) is 0 Å². The smallest absolute Gasteiger partial charge is 0.0649 e. The lowest BCUT2D eigenvalue weighted by Crippen LogP contribution is -1.86. The van der Waals surface area contributed by atoms with Crippen LogP contribution in [0.2, 0.25) is 0 Å². The van der Waals surface area contributed by atoms with Crippen molar-refractivity contribution in [1.82, 2.24) is 4.98 Å². The second-order valence-corrected chi connectivity index (χ2v) is 2.50. The molecule has 0 fully saturated rings. The van der Waals surface area contributed by atoms with E-state index >= 15 is 0 Å². The summed E-state index contributed by atoms with van der Waals surface area (Å²) >= 11 is 3.20. The monoisotopic (exact) mass is 210 g/mol. The zero-order valence-electron chi connectivity index (χ0n) is 5.84. The Kier molecular flexibility index (Phi) is 2.94. The molecule has 2 nitrogen and oxygen atoms in total. The molecule has 0 saturated carbocycles. The minimum absolute atomic E-state index is 0.645. The number of hydrogen-bond acceptors (Lipinski definition) is 2. The molecule has 1 aromatic heterocycles. The van der Waals surface area contributed by atoms with Crippen molar-refractivity contribution >= 4 is 21.6 Å². The first-order chi connectivity index (χ1) is 5.33. The lowest BCUT2D eigenvalue weighted by molar-refractivity contribution is 1.32. The van der Waals surface area contributed by atoms with Crippen molar-refractivity contribution in [3.05, 3.63) is 24.0 Å². The molecule has 11 heavy (non-hydrogen) atoms. The lowest BCUT2D eigenvalue weighted by Gasteiger charge is -1.90. The minimum Gasteiger partial charge on any atom is -0.397 e. The Hall–Kier alpha value is -1.01. The van der Waals surface area contributed by atoms with Crippen LogP contribution in [-0.4, -0.2) is 10.3 Å². The Bertz CT molecular complexity index is 298. The van der Waals surface area contributed by atoms with Crippen LogP contribution in [0.3, 0.4) is 0 Å². The average molecular weight is 211 g/mol. The van der Waals surface area contributed by atoms with Crippen LogP contribution < -0.4 is 5.73 Å². The van der Waals surface area contributed by atoms with Crippen molar-refractivity contribution in [3.8, 4) is 11.8 Å². The number of alkyl halides is 1. The number of rotatable bonds is 0. The van der Waals surface area contributed by atoms with Gasteiger partial charge in [-0.15, -0.1) is 0 Å². The van der Waals surface area contributed by atoms with Crippen molar-refractivity contribution < 1.29 is 0 Å². The van der Waals surface area contributed by atoms with Crippen LogP contribution in [-0.2, 0) is 0 Å². The Morgan fingerprint density at radius 3 is 3.00 bits per heavy atom. The molecule has 0 spiro atoms. The highest BCUT2D eigenvalue weighted by Gasteiger charge is 1.86. The van der Waals surface area contributed by atoms with Crippen LogP contribution in [0.4, 0.5) is 5.69 Å². The number of anilines is 1. The molecular weight excluding hydrogens is 204 g/mol. The molecule has 56 valence electrons. The Balaban J connectivity index is 2.87. The van der Waals surface area contributed by atoms with Crippen LogP contribution in [0.5, 0.6) is 0 Å². The van der Waals surface area contributed by atoms with Gasteiger partial charge in [-0.25, -0.2) is 0 Å². The van der Waals surface area contributed by atoms with Crippen LogP contribution >= 0.6 is 15.9 Å². The van der Waals surface area contributed by atoms with E-state index < -0.39 is 0 Å². The van der Waals surface area contributed by atoms with E-state index in [1.165, 1.54) is 0 Å². The maximum Gasteiger partial charge on any atom is 0.0649 e. The number of nitrogens with two attached hydrogens (primary N) is 1. The van der Waals surface area contributed by atoms with E-state index in [0.717, 1.165) is 5.56 Å². The van der Waals surface area contributed by atoms with Crippen LogP contribution in [0.15, 0.2) is 18.5 Å². The predicted octanol–water partition coefficient (Wildman–Crippen LogP) is 1.41. The Morgan fingerprint density at radius 1 is 1.55 bits per heavy atom. The number of nitrogen functional groups attached to an aromatic ring is 1. The van der Waals surface area contributed by atoms with Crippen molar-refractivity contribution in [2.24, 2.45) is 0 Å². The maximum atomic E-state index is 5.49. The van der Waals surface area contributed by atoms with E-state index in [1.54, 1.807) is 18.5 Å². The standard InChI is InChI=1S/C8H7BrN2/c9-3-1-2-7-4-8(10)6-11-5-7/h4-6H,3,10H2. The number of pyridine rings is 1. The topological polar surface area (TPSA) is 38.9 Å². The summed E-state index contributed by atoms with van der Waals surface area (Å²) in [5.74, 6) is 5.76. The molecule has 1 heterocycles. The van der Waals surface area contributed by atoms with Gasteiger partial charge < -0.3 is 5.73 Å². The van der Waals surface area contributed by atoms with Gasteiger partial charge in [-0.1, -0.05) is 27.8 Å². The summed E-state index contributed by atoms with van der Waals surface area (Å²) in [6, 6.07) is 1.79. The molecule has 0 unspecified atom stereocenters. The van der Waals surface area contributed by atoms with Crippen molar-refractivity contribution in [3.63, 3.8) is 0 Å². The molecule has 3 heteroatoms. The predicted molar refractivity (Wildman–Crippen MR) is 49.3 cm³/mol. The normalized spacial score (nSPS) is 8.45. The summed E-state index contributed by atoms with van der Waals surface area (Å²) in [7, 11) is 0. The van der Waals surface area contributed by atoms with E-state index in [1.807, 2.05) is 0 Å². The van der Waals surface area contributed by atoms with Crippen molar-refractivity contribution in [2.75, 3.05) is 11.1 Å². The summed E-state index contributed by atoms with van der Waals surface area (Å²) in [6.45, 7) is 0. The van der Waals surface area contributed by atoms with Crippen LogP contribution in [0, 0.1) is 11.8 Å².